The van der Waals surface area contributed by atoms with Gasteiger partial charge in [-0.1, -0.05) is 359 Å². The van der Waals surface area contributed by atoms with E-state index in [1.165, 1.54) is 315 Å². The lowest BCUT2D eigenvalue weighted by molar-refractivity contribution is -0.167. The van der Waals surface area contributed by atoms with Crippen LogP contribution < -0.4 is 0 Å². The molecular weight excluding hydrogens is 1020 g/mol. The van der Waals surface area contributed by atoms with Gasteiger partial charge in [-0.05, 0) is 77.0 Å². The van der Waals surface area contributed by atoms with Crippen LogP contribution in [0.3, 0.4) is 0 Å². The summed E-state index contributed by atoms with van der Waals surface area (Å²) < 4.78 is 17.1. The van der Waals surface area contributed by atoms with Crippen LogP contribution in [0.4, 0.5) is 0 Å². The lowest BCUT2D eigenvalue weighted by atomic mass is 10.0. The van der Waals surface area contributed by atoms with Crippen molar-refractivity contribution >= 4 is 17.9 Å². The predicted molar refractivity (Wildman–Crippen MR) is 362 cm³/mol. The molecule has 0 aliphatic carbocycles. The second-order valence-electron chi connectivity index (χ2n) is 25.6. The van der Waals surface area contributed by atoms with Crippen molar-refractivity contribution in [3.63, 3.8) is 0 Å². The predicted octanol–water partition coefficient (Wildman–Crippen LogP) is 25.9. The SMILES string of the molecule is CCCCCCC/C=C\C/C=C\CCCCCCCCCCCCCC(=O)OCC(COC(=O)CCCCCCCCCCCCCCCCCCCCC)OC(=O)CCCCCCCCCCCCC/C=C\CCCCCCCCCC. The molecule has 0 aromatic heterocycles. The molecule has 0 aromatic carbocycles. The van der Waals surface area contributed by atoms with Gasteiger partial charge in [0.1, 0.15) is 13.2 Å². The van der Waals surface area contributed by atoms with Gasteiger partial charge in [0.25, 0.3) is 0 Å². The van der Waals surface area contributed by atoms with E-state index in [2.05, 4.69) is 57.2 Å². The van der Waals surface area contributed by atoms with E-state index in [-0.39, 0.29) is 31.1 Å². The summed E-state index contributed by atoms with van der Waals surface area (Å²) in [5.41, 5.74) is 0. The highest BCUT2D eigenvalue weighted by Gasteiger charge is 2.20. The van der Waals surface area contributed by atoms with Crippen molar-refractivity contribution in [3.05, 3.63) is 36.5 Å². The van der Waals surface area contributed by atoms with Crippen molar-refractivity contribution in [3.8, 4) is 0 Å². The lowest BCUT2D eigenvalue weighted by Crippen LogP contribution is -2.30. The number of esters is 3. The van der Waals surface area contributed by atoms with E-state index in [4.69, 9.17) is 14.2 Å². The molecule has 1 atom stereocenters. The van der Waals surface area contributed by atoms with Crippen LogP contribution >= 0.6 is 0 Å². The minimum absolute atomic E-state index is 0.0672. The number of unbranched alkanes of at least 4 members (excludes halogenated alkanes) is 53. The van der Waals surface area contributed by atoms with E-state index in [0.717, 1.165) is 64.2 Å². The van der Waals surface area contributed by atoms with Crippen LogP contribution in [0, 0.1) is 0 Å². The highest BCUT2D eigenvalue weighted by Crippen LogP contribution is 2.19. The number of carbonyl (C=O) groups excluding carboxylic acids is 3. The second kappa shape index (κ2) is 72.1. The summed E-state index contributed by atoms with van der Waals surface area (Å²) in [7, 11) is 0. The van der Waals surface area contributed by atoms with Gasteiger partial charge in [0.05, 0.1) is 0 Å². The molecule has 83 heavy (non-hydrogen) atoms. The van der Waals surface area contributed by atoms with Gasteiger partial charge in [-0.25, -0.2) is 0 Å². The van der Waals surface area contributed by atoms with Crippen molar-refractivity contribution in [1.82, 2.24) is 0 Å². The molecule has 0 aromatic rings. The van der Waals surface area contributed by atoms with Gasteiger partial charge in [-0.2, -0.15) is 0 Å². The average Bonchev–Trinajstić information content (AvgIpc) is 3.49. The topological polar surface area (TPSA) is 78.9 Å². The van der Waals surface area contributed by atoms with Crippen LogP contribution in [0.1, 0.15) is 419 Å². The molecule has 0 rings (SSSR count). The van der Waals surface area contributed by atoms with E-state index in [1.54, 1.807) is 0 Å². The van der Waals surface area contributed by atoms with Gasteiger partial charge in [0.2, 0.25) is 0 Å². The Morgan fingerprint density at radius 2 is 0.434 bits per heavy atom. The Morgan fingerprint density at radius 3 is 0.675 bits per heavy atom. The number of rotatable bonds is 70. The van der Waals surface area contributed by atoms with Gasteiger partial charge >= 0.3 is 17.9 Å². The largest absolute Gasteiger partial charge is 0.462 e. The molecule has 1 unspecified atom stereocenters. The zero-order valence-corrected chi connectivity index (χ0v) is 56.2. The summed E-state index contributed by atoms with van der Waals surface area (Å²) >= 11 is 0. The fraction of sp³-hybridized carbons (Fsp3) is 0.883. The van der Waals surface area contributed by atoms with Gasteiger partial charge in [-0.15, -0.1) is 0 Å². The van der Waals surface area contributed by atoms with Gasteiger partial charge in [0, 0.05) is 19.3 Å². The molecule has 6 heteroatoms. The zero-order chi connectivity index (χ0) is 59.9. The number of hydrogen-bond donors (Lipinski definition) is 0. The van der Waals surface area contributed by atoms with Crippen LogP contribution in [-0.4, -0.2) is 37.2 Å². The average molecular weight is 1170 g/mol. The second-order valence-corrected chi connectivity index (χ2v) is 25.6. The quantitative estimate of drug-likeness (QED) is 0.0261. The Labute approximate surface area is 518 Å². The molecule has 6 nitrogen and oxygen atoms in total. The third kappa shape index (κ3) is 70.3. The zero-order valence-electron chi connectivity index (χ0n) is 56.2. The Hall–Kier alpha value is -2.37. The normalized spacial score (nSPS) is 12.2. The van der Waals surface area contributed by atoms with E-state index in [0.29, 0.717) is 19.3 Å². The molecule has 488 valence electrons. The molecule has 0 spiro atoms. The molecule has 0 amide bonds. The van der Waals surface area contributed by atoms with Crippen LogP contribution in [-0.2, 0) is 28.6 Å². The van der Waals surface area contributed by atoms with Crippen molar-refractivity contribution in [1.29, 1.82) is 0 Å². The summed E-state index contributed by atoms with van der Waals surface area (Å²) in [6.45, 7) is 6.72. The van der Waals surface area contributed by atoms with Crippen molar-refractivity contribution in [2.45, 2.75) is 425 Å². The Balaban J connectivity index is 4.31. The molecular formula is C77H144O6. The van der Waals surface area contributed by atoms with Crippen molar-refractivity contribution in [2.24, 2.45) is 0 Å². The van der Waals surface area contributed by atoms with Crippen LogP contribution in [0.5, 0.6) is 0 Å². The van der Waals surface area contributed by atoms with Gasteiger partial charge in [-0.3, -0.25) is 14.4 Å². The number of carbonyl (C=O) groups is 3. The molecule has 0 N–H and O–H groups in total. The van der Waals surface area contributed by atoms with E-state index < -0.39 is 6.10 Å². The first-order chi connectivity index (χ1) is 41.0. The maximum absolute atomic E-state index is 13.0. The number of allylic oxidation sites excluding steroid dienone is 6. The summed E-state index contributed by atoms with van der Waals surface area (Å²) in [5, 5.41) is 0. The Kier molecular flexibility index (Phi) is 70.0. The molecule has 0 saturated carbocycles. The standard InChI is InChI=1S/C77H144O6/c1-4-7-10-13-16-19-22-25-28-31-34-36-38-40-43-46-49-52-55-58-61-64-67-70-76(79)82-73-74(72-81-75(78)69-66-63-60-57-54-51-48-45-42-33-30-27-24-21-18-15-12-9-6-3)83-77(80)71-68-65-62-59-56-53-50-47-44-41-39-37-35-32-29-26-23-20-17-14-11-8-5-2/h22,25,31-32,34-35,74H,4-21,23-24,26-30,33,36-73H2,1-3H3/b25-22-,34-31-,35-32-. The molecule has 0 saturated heterocycles. The number of ether oxygens (including phenoxy) is 3. The third-order valence-corrected chi connectivity index (χ3v) is 17.1. The minimum atomic E-state index is -0.773. The monoisotopic (exact) mass is 1170 g/mol. The summed E-state index contributed by atoms with van der Waals surface area (Å²) in [5.74, 6) is -0.836. The third-order valence-electron chi connectivity index (χ3n) is 17.1. The summed E-state index contributed by atoms with van der Waals surface area (Å²) in [6.07, 6.45) is 90.3. The van der Waals surface area contributed by atoms with E-state index in [9.17, 15) is 14.4 Å². The minimum Gasteiger partial charge on any atom is -0.462 e. The molecule has 0 radical (unpaired) electrons. The molecule has 0 fully saturated rings. The van der Waals surface area contributed by atoms with Crippen LogP contribution in [0.15, 0.2) is 36.5 Å². The van der Waals surface area contributed by atoms with E-state index >= 15 is 0 Å². The fourth-order valence-corrected chi connectivity index (χ4v) is 11.5. The van der Waals surface area contributed by atoms with Gasteiger partial charge < -0.3 is 14.2 Å². The Morgan fingerprint density at radius 1 is 0.241 bits per heavy atom. The first-order valence-electron chi connectivity index (χ1n) is 37.5. The molecule has 0 aliphatic rings. The number of hydrogen-bond acceptors (Lipinski definition) is 6. The first kappa shape index (κ1) is 80.6. The lowest BCUT2D eigenvalue weighted by Gasteiger charge is -2.18. The van der Waals surface area contributed by atoms with E-state index in [1.807, 2.05) is 0 Å². The Bertz CT molecular complexity index is 1380. The van der Waals surface area contributed by atoms with Crippen LogP contribution in [0.25, 0.3) is 0 Å². The van der Waals surface area contributed by atoms with Crippen molar-refractivity contribution < 1.29 is 28.6 Å². The fourth-order valence-electron chi connectivity index (χ4n) is 11.5. The highest BCUT2D eigenvalue weighted by atomic mass is 16.6. The molecule has 0 aliphatic heterocycles. The van der Waals surface area contributed by atoms with Crippen LogP contribution in [0.2, 0.25) is 0 Å². The first-order valence-corrected chi connectivity index (χ1v) is 37.5. The summed E-state index contributed by atoms with van der Waals surface area (Å²) in [4.78, 5) is 38.6. The molecule has 0 bridgehead atoms. The highest BCUT2D eigenvalue weighted by molar-refractivity contribution is 5.71. The summed E-state index contributed by atoms with van der Waals surface area (Å²) in [6, 6.07) is 0. The maximum Gasteiger partial charge on any atom is 0.306 e. The molecule has 0 heterocycles. The van der Waals surface area contributed by atoms with Crippen molar-refractivity contribution in [2.75, 3.05) is 13.2 Å². The van der Waals surface area contributed by atoms with Gasteiger partial charge in [0.15, 0.2) is 6.10 Å². The smallest absolute Gasteiger partial charge is 0.306 e. The maximum atomic E-state index is 13.0.